The Bertz CT molecular complexity index is 725. The molecular formula is C13H13N3O3S. The van der Waals surface area contributed by atoms with Crippen molar-refractivity contribution in [1.82, 2.24) is 4.98 Å². The van der Waals surface area contributed by atoms with Crippen LogP contribution in [0.5, 0.6) is 0 Å². The summed E-state index contributed by atoms with van der Waals surface area (Å²) in [6, 6.07) is 3.70. The first-order valence-corrected chi connectivity index (χ1v) is 6.97. The minimum atomic E-state index is -0.930. The van der Waals surface area contributed by atoms with Crippen molar-refractivity contribution in [1.29, 1.82) is 0 Å². The average molecular weight is 291 g/mol. The van der Waals surface area contributed by atoms with E-state index in [0.717, 1.165) is 15.8 Å². The second-order valence-corrected chi connectivity index (χ2v) is 5.97. The van der Waals surface area contributed by atoms with Gasteiger partial charge in [-0.2, -0.15) is 0 Å². The molecule has 2 aromatic rings. The van der Waals surface area contributed by atoms with E-state index in [0.29, 0.717) is 10.8 Å². The van der Waals surface area contributed by atoms with Gasteiger partial charge in [0.05, 0.1) is 16.1 Å². The lowest BCUT2D eigenvalue weighted by Crippen LogP contribution is -2.25. The molecule has 0 radical (unpaired) electrons. The SMILES string of the molecule is Cc1cc(N2C[C@@H](C(=O)O)CC2=O)cc2sc(N)nc12. The quantitative estimate of drug-likeness (QED) is 0.876. The second kappa shape index (κ2) is 4.45. The van der Waals surface area contributed by atoms with E-state index in [1.807, 2.05) is 19.1 Å². The molecule has 1 aliphatic heterocycles. The lowest BCUT2D eigenvalue weighted by molar-refractivity contribution is -0.141. The molecule has 2 heterocycles. The van der Waals surface area contributed by atoms with E-state index in [9.17, 15) is 9.59 Å². The monoisotopic (exact) mass is 291 g/mol. The van der Waals surface area contributed by atoms with Crippen molar-refractivity contribution in [3.05, 3.63) is 17.7 Å². The fourth-order valence-electron chi connectivity index (χ4n) is 2.47. The van der Waals surface area contributed by atoms with Crippen LogP contribution in [-0.2, 0) is 9.59 Å². The van der Waals surface area contributed by atoms with Gasteiger partial charge in [0.2, 0.25) is 5.91 Å². The number of rotatable bonds is 2. The number of anilines is 2. The van der Waals surface area contributed by atoms with Crippen LogP contribution in [0.1, 0.15) is 12.0 Å². The Morgan fingerprint density at radius 1 is 1.55 bits per heavy atom. The molecule has 0 spiro atoms. The number of hydrogen-bond donors (Lipinski definition) is 2. The van der Waals surface area contributed by atoms with Gasteiger partial charge in [-0.3, -0.25) is 9.59 Å². The number of thiazole rings is 1. The normalized spacial score (nSPS) is 18.9. The molecule has 6 nitrogen and oxygen atoms in total. The molecule has 1 fully saturated rings. The number of amides is 1. The Kier molecular flexibility index (Phi) is 2.86. The van der Waals surface area contributed by atoms with E-state index in [1.54, 1.807) is 0 Å². The number of hydrogen-bond acceptors (Lipinski definition) is 5. The van der Waals surface area contributed by atoms with Crippen molar-refractivity contribution in [2.45, 2.75) is 13.3 Å². The molecule has 1 amide bonds. The first kappa shape index (κ1) is 12.9. The summed E-state index contributed by atoms with van der Waals surface area (Å²) in [5.74, 6) is -1.72. The molecule has 20 heavy (non-hydrogen) atoms. The summed E-state index contributed by atoms with van der Waals surface area (Å²) < 4.78 is 0.907. The maximum atomic E-state index is 12.0. The molecule has 3 N–H and O–H groups in total. The Hall–Kier alpha value is -2.15. The van der Waals surface area contributed by atoms with E-state index in [1.165, 1.54) is 16.2 Å². The lowest BCUT2D eigenvalue weighted by atomic mass is 10.1. The number of fused-ring (bicyclic) bond motifs is 1. The van der Waals surface area contributed by atoms with Crippen LogP contribution in [0.2, 0.25) is 0 Å². The third kappa shape index (κ3) is 2.00. The third-order valence-electron chi connectivity index (χ3n) is 3.47. The van der Waals surface area contributed by atoms with Crippen molar-refractivity contribution in [2.24, 2.45) is 5.92 Å². The van der Waals surface area contributed by atoms with E-state index in [4.69, 9.17) is 10.8 Å². The number of benzene rings is 1. The van der Waals surface area contributed by atoms with E-state index < -0.39 is 11.9 Å². The van der Waals surface area contributed by atoms with Crippen LogP contribution >= 0.6 is 11.3 Å². The molecule has 3 rings (SSSR count). The zero-order chi connectivity index (χ0) is 14.4. The predicted octanol–water partition coefficient (Wildman–Crippen LogP) is 1.62. The highest BCUT2D eigenvalue weighted by Gasteiger charge is 2.35. The van der Waals surface area contributed by atoms with Gasteiger partial charge in [-0.05, 0) is 24.6 Å². The van der Waals surface area contributed by atoms with Crippen LogP contribution in [0, 0.1) is 12.8 Å². The van der Waals surface area contributed by atoms with Gasteiger partial charge < -0.3 is 15.7 Å². The van der Waals surface area contributed by atoms with Gasteiger partial charge in [-0.1, -0.05) is 11.3 Å². The molecule has 7 heteroatoms. The van der Waals surface area contributed by atoms with Gasteiger partial charge in [-0.25, -0.2) is 4.98 Å². The summed E-state index contributed by atoms with van der Waals surface area (Å²) >= 11 is 1.36. The molecule has 0 saturated carbocycles. The largest absolute Gasteiger partial charge is 0.481 e. The molecule has 0 bridgehead atoms. The molecule has 0 aliphatic carbocycles. The minimum Gasteiger partial charge on any atom is -0.481 e. The molecule has 0 unspecified atom stereocenters. The number of aromatic nitrogens is 1. The highest BCUT2D eigenvalue weighted by atomic mass is 32.1. The number of carboxylic acids is 1. The summed E-state index contributed by atoms with van der Waals surface area (Å²) in [6.07, 6.45) is 0.0528. The number of carbonyl (C=O) groups is 2. The minimum absolute atomic E-state index is 0.0528. The highest BCUT2D eigenvalue weighted by molar-refractivity contribution is 7.22. The molecule has 1 aromatic heterocycles. The van der Waals surface area contributed by atoms with Crippen LogP contribution in [0.4, 0.5) is 10.8 Å². The summed E-state index contributed by atoms with van der Waals surface area (Å²) in [6.45, 7) is 2.12. The number of aryl methyl sites for hydroxylation is 1. The first-order chi connectivity index (χ1) is 9.45. The van der Waals surface area contributed by atoms with Crippen molar-refractivity contribution < 1.29 is 14.7 Å². The van der Waals surface area contributed by atoms with Crippen LogP contribution < -0.4 is 10.6 Å². The van der Waals surface area contributed by atoms with Crippen molar-refractivity contribution in [3.8, 4) is 0 Å². The van der Waals surface area contributed by atoms with E-state index in [2.05, 4.69) is 4.98 Å². The van der Waals surface area contributed by atoms with Gasteiger partial charge in [-0.15, -0.1) is 0 Å². The number of aliphatic carboxylic acids is 1. The maximum Gasteiger partial charge on any atom is 0.308 e. The van der Waals surface area contributed by atoms with E-state index in [-0.39, 0.29) is 18.9 Å². The number of nitrogens with two attached hydrogens (primary N) is 1. The van der Waals surface area contributed by atoms with E-state index >= 15 is 0 Å². The Morgan fingerprint density at radius 3 is 2.95 bits per heavy atom. The Balaban J connectivity index is 2.02. The van der Waals surface area contributed by atoms with Crippen molar-refractivity contribution >= 4 is 44.2 Å². The standard InChI is InChI=1S/C13H13N3O3S/c1-6-2-8(4-9-11(6)15-13(14)20-9)16-5-7(12(18)19)3-10(16)17/h2,4,7H,3,5H2,1H3,(H2,14,15)(H,18,19)/t7-/m0/s1. The van der Waals surface area contributed by atoms with Crippen molar-refractivity contribution in [3.63, 3.8) is 0 Å². The number of nitrogen functional groups attached to an aromatic ring is 1. The van der Waals surface area contributed by atoms with Crippen LogP contribution in [-0.4, -0.2) is 28.5 Å². The zero-order valence-electron chi connectivity index (χ0n) is 10.8. The molecule has 1 atom stereocenters. The van der Waals surface area contributed by atoms with Gasteiger partial charge in [0.25, 0.3) is 0 Å². The highest BCUT2D eigenvalue weighted by Crippen LogP contribution is 2.33. The molecule has 1 aliphatic rings. The Morgan fingerprint density at radius 2 is 2.30 bits per heavy atom. The van der Waals surface area contributed by atoms with Crippen molar-refractivity contribution in [2.75, 3.05) is 17.2 Å². The second-order valence-electron chi connectivity index (χ2n) is 4.91. The van der Waals surface area contributed by atoms with Crippen LogP contribution in [0.3, 0.4) is 0 Å². The summed E-state index contributed by atoms with van der Waals surface area (Å²) in [5.41, 5.74) is 8.18. The first-order valence-electron chi connectivity index (χ1n) is 6.15. The lowest BCUT2D eigenvalue weighted by Gasteiger charge is -2.16. The van der Waals surface area contributed by atoms with Crippen LogP contribution in [0.25, 0.3) is 10.2 Å². The smallest absolute Gasteiger partial charge is 0.308 e. The van der Waals surface area contributed by atoms with Gasteiger partial charge >= 0.3 is 5.97 Å². The van der Waals surface area contributed by atoms with Gasteiger partial charge in [0.15, 0.2) is 5.13 Å². The molecule has 1 saturated heterocycles. The average Bonchev–Trinajstić information content (AvgIpc) is 2.92. The molecule has 104 valence electrons. The third-order valence-corrected chi connectivity index (χ3v) is 4.30. The van der Waals surface area contributed by atoms with Gasteiger partial charge in [0.1, 0.15) is 0 Å². The zero-order valence-corrected chi connectivity index (χ0v) is 11.6. The Labute approximate surface area is 118 Å². The summed E-state index contributed by atoms with van der Waals surface area (Å²) in [5, 5.41) is 9.50. The number of carboxylic acid groups (broad SMARTS) is 1. The predicted molar refractivity (Wildman–Crippen MR) is 76.9 cm³/mol. The maximum absolute atomic E-state index is 12.0. The molecule has 1 aromatic carbocycles. The summed E-state index contributed by atoms with van der Waals surface area (Å²) in [4.78, 5) is 28.7. The topological polar surface area (TPSA) is 96.5 Å². The number of nitrogens with zero attached hydrogens (tertiary/aromatic N) is 2. The van der Waals surface area contributed by atoms with Gasteiger partial charge in [0, 0.05) is 18.7 Å². The number of carbonyl (C=O) groups excluding carboxylic acids is 1. The molecular weight excluding hydrogens is 278 g/mol. The fraction of sp³-hybridized carbons (Fsp3) is 0.308. The summed E-state index contributed by atoms with van der Waals surface area (Å²) in [7, 11) is 0. The fourth-order valence-corrected chi connectivity index (χ4v) is 3.32. The van der Waals surface area contributed by atoms with Crippen LogP contribution in [0.15, 0.2) is 12.1 Å².